The Morgan fingerprint density at radius 2 is 2.13 bits per heavy atom. The minimum Gasteiger partial charge on any atom is -0.331 e. The molecule has 0 unspecified atom stereocenters. The third kappa shape index (κ3) is 1.88. The van der Waals surface area contributed by atoms with Crippen LogP contribution in [0.15, 0.2) is 30.6 Å². The number of benzene rings is 1. The smallest absolute Gasteiger partial charge is 0.163 e. The first kappa shape index (κ1) is 9.83. The van der Waals surface area contributed by atoms with Crippen molar-refractivity contribution >= 4 is 0 Å². The van der Waals surface area contributed by atoms with Gasteiger partial charge in [0.15, 0.2) is 11.6 Å². The van der Waals surface area contributed by atoms with Gasteiger partial charge in [-0.2, -0.15) is 0 Å². The third-order valence-electron chi connectivity index (χ3n) is 2.30. The van der Waals surface area contributed by atoms with Crippen molar-refractivity contribution in [3.05, 3.63) is 53.6 Å². The molecule has 0 bridgehead atoms. The van der Waals surface area contributed by atoms with E-state index in [1.165, 1.54) is 6.07 Å². The first-order valence-corrected chi connectivity index (χ1v) is 4.59. The Morgan fingerprint density at radius 1 is 1.33 bits per heavy atom. The summed E-state index contributed by atoms with van der Waals surface area (Å²) in [6, 6.07) is 4.18. The second-order valence-electron chi connectivity index (χ2n) is 3.32. The van der Waals surface area contributed by atoms with E-state index >= 15 is 0 Å². The lowest BCUT2D eigenvalue weighted by Crippen LogP contribution is -2.04. The molecule has 2 nitrogen and oxygen atoms in total. The maximum Gasteiger partial charge on any atom is 0.163 e. The largest absolute Gasteiger partial charge is 0.331 e. The first-order valence-electron chi connectivity index (χ1n) is 4.59. The number of halogens is 2. The maximum absolute atomic E-state index is 13.3. The van der Waals surface area contributed by atoms with Crippen molar-refractivity contribution in [3.8, 4) is 0 Å². The number of aromatic nitrogens is 2. The minimum absolute atomic E-state index is 0.301. The van der Waals surface area contributed by atoms with Gasteiger partial charge in [0.25, 0.3) is 0 Å². The summed E-state index contributed by atoms with van der Waals surface area (Å²) in [6.07, 6.45) is 3.37. The van der Waals surface area contributed by atoms with E-state index in [0.717, 1.165) is 11.9 Å². The van der Waals surface area contributed by atoms with Gasteiger partial charge in [0.05, 0.1) is 6.54 Å². The molecule has 0 N–H and O–H groups in total. The molecule has 4 heteroatoms. The minimum atomic E-state index is -0.815. The van der Waals surface area contributed by atoms with Gasteiger partial charge in [0.1, 0.15) is 5.82 Å². The van der Waals surface area contributed by atoms with Gasteiger partial charge >= 0.3 is 0 Å². The van der Waals surface area contributed by atoms with Crippen molar-refractivity contribution in [2.45, 2.75) is 13.5 Å². The second kappa shape index (κ2) is 3.81. The molecule has 0 saturated carbocycles. The molecular weight excluding hydrogens is 198 g/mol. The van der Waals surface area contributed by atoms with Crippen molar-refractivity contribution in [1.29, 1.82) is 0 Å². The van der Waals surface area contributed by atoms with Crippen LogP contribution in [0.4, 0.5) is 8.78 Å². The lowest BCUT2D eigenvalue weighted by Gasteiger charge is -2.06. The van der Waals surface area contributed by atoms with Crippen molar-refractivity contribution in [3.63, 3.8) is 0 Å². The summed E-state index contributed by atoms with van der Waals surface area (Å²) in [5.41, 5.74) is 0.330. The quantitative estimate of drug-likeness (QED) is 0.741. The van der Waals surface area contributed by atoms with Crippen LogP contribution in [0.1, 0.15) is 11.4 Å². The van der Waals surface area contributed by atoms with Gasteiger partial charge in [-0.25, -0.2) is 13.8 Å². The average molecular weight is 208 g/mol. The molecule has 0 aliphatic rings. The Labute approximate surface area is 86.2 Å². The highest BCUT2D eigenvalue weighted by Crippen LogP contribution is 2.13. The molecule has 0 fully saturated rings. The van der Waals surface area contributed by atoms with Crippen molar-refractivity contribution in [2.24, 2.45) is 0 Å². The van der Waals surface area contributed by atoms with E-state index < -0.39 is 11.6 Å². The molecule has 78 valence electrons. The molecule has 0 aliphatic heterocycles. The Kier molecular flexibility index (Phi) is 2.49. The predicted molar refractivity (Wildman–Crippen MR) is 52.4 cm³/mol. The van der Waals surface area contributed by atoms with Crippen molar-refractivity contribution < 1.29 is 8.78 Å². The van der Waals surface area contributed by atoms with E-state index in [1.807, 2.05) is 6.92 Å². The van der Waals surface area contributed by atoms with Gasteiger partial charge in [0.2, 0.25) is 0 Å². The molecule has 1 aromatic heterocycles. The summed E-state index contributed by atoms with van der Waals surface area (Å²) < 4.78 is 28.0. The fourth-order valence-electron chi connectivity index (χ4n) is 1.42. The zero-order valence-electron chi connectivity index (χ0n) is 8.24. The molecule has 15 heavy (non-hydrogen) atoms. The van der Waals surface area contributed by atoms with Gasteiger partial charge in [-0.1, -0.05) is 12.1 Å². The van der Waals surface area contributed by atoms with Gasteiger partial charge in [-0.3, -0.25) is 0 Å². The Morgan fingerprint density at radius 3 is 2.80 bits per heavy atom. The fourth-order valence-corrected chi connectivity index (χ4v) is 1.42. The molecule has 2 rings (SSSR count). The second-order valence-corrected chi connectivity index (χ2v) is 3.32. The van der Waals surface area contributed by atoms with Crippen LogP contribution in [-0.4, -0.2) is 9.55 Å². The van der Waals surface area contributed by atoms with E-state index in [-0.39, 0.29) is 0 Å². The molecule has 0 amide bonds. The highest BCUT2D eigenvalue weighted by atomic mass is 19.2. The van der Waals surface area contributed by atoms with E-state index in [0.29, 0.717) is 12.1 Å². The standard InChI is InChI=1S/C11H10F2N2/c1-8-14-5-6-15(8)7-9-3-2-4-10(12)11(9)13/h2-6H,7H2,1H3. The number of hydrogen-bond acceptors (Lipinski definition) is 1. The number of aryl methyl sites for hydroxylation is 1. The van der Waals surface area contributed by atoms with Crippen LogP contribution < -0.4 is 0 Å². The SMILES string of the molecule is Cc1nccn1Cc1cccc(F)c1F. The van der Waals surface area contributed by atoms with E-state index in [2.05, 4.69) is 4.98 Å². The summed E-state index contributed by atoms with van der Waals surface area (Å²) in [4.78, 5) is 4.01. The zero-order valence-corrected chi connectivity index (χ0v) is 8.24. The van der Waals surface area contributed by atoms with Crippen LogP contribution in [0, 0.1) is 18.6 Å². The lowest BCUT2D eigenvalue weighted by atomic mass is 10.2. The number of nitrogens with zero attached hydrogens (tertiary/aromatic N) is 2. The van der Waals surface area contributed by atoms with Crippen LogP contribution in [0.2, 0.25) is 0 Å². The topological polar surface area (TPSA) is 17.8 Å². The summed E-state index contributed by atoms with van der Waals surface area (Å²) >= 11 is 0. The van der Waals surface area contributed by atoms with Crippen LogP contribution in [-0.2, 0) is 6.54 Å². The van der Waals surface area contributed by atoms with E-state index in [9.17, 15) is 8.78 Å². The molecule has 0 saturated heterocycles. The maximum atomic E-state index is 13.3. The summed E-state index contributed by atoms with van der Waals surface area (Å²) in [6.45, 7) is 2.12. The van der Waals surface area contributed by atoms with Crippen molar-refractivity contribution in [1.82, 2.24) is 9.55 Å². The van der Waals surface area contributed by atoms with Crippen LogP contribution in [0.25, 0.3) is 0 Å². The zero-order chi connectivity index (χ0) is 10.8. The van der Waals surface area contributed by atoms with Gasteiger partial charge < -0.3 is 4.57 Å². The number of hydrogen-bond donors (Lipinski definition) is 0. The monoisotopic (exact) mass is 208 g/mol. The molecular formula is C11H10F2N2. The van der Waals surface area contributed by atoms with Crippen LogP contribution in [0.3, 0.4) is 0 Å². The molecule has 0 aliphatic carbocycles. The van der Waals surface area contributed by atoms with E-state index in [1.54, 1.807) is 23.0 Å². The average Bonchev–Trinajstić information content (AvgIpc) is 2.60. The highest BCUT2D eigenvalue weighted by Gasteiger charge is 2.08. The molecule has 0 radical (unpaired) electrons. The number of imidazole rings is 1. The first-order chi connectivity index (χ1) is 7.18. The Bertz CT molecular complexity index is 477. The summed E-state index contributed by atoms with van der Waals surface area (Å²) in [5.74, 6) is -0.825. The molecule has 1 heterocycles. The molecule has 1 aromatic carbocycles. The van der Waals surface area contributed by atoms with Gasteiger partial charge in [-0.05, 0) is 13.0 Å². The van der Waals surface area contributed by atoms with Crippen LogP contribution in [0.5, 0.6) is 0 Å². The Balaban J connectivity index is 2.33. The predicted octanol–water partition coefficient (Wildman–Crippen LogP) is 2.52. The fraction of sp³-hybridized carbons (Fsp3) is 0.182. The van der Waals surface area contributed by atoms with Gasteiger partial charge in [0, 0.05) is 18.0 Å². The van der Waals surface area contributed by atoms with Crippen molar-refractivity contribution in [2.75, 3.05) is 0 Å². The van der Waals surface area contributed by atoms with E-state index in [4.69, 9.17) is 0 Å². The number of rotatable bonds is 2. The molecule has 0 spiro atoms. The highest BCUT2D eigenvalue weighted by molar-refractivity contribution is 5.19. The lowest BCUT2D eigenvalue weighted by molar-refractivity contribution is 0.494. The van der Waals surface area contributed by atoms with Crippen LogP contribution >= 0.6 is 0 Å². The third-order valence-corrected chi connectivity index (χ3v) is 2.30. The van der Waals surface area contributed by atoms with Gasteiger partial charge in [-0.15, -0.1) is 0 Å². The summed E-state index contributed by atoms with van der Waals surface area (Å²) in [5, 5.41) is 0. The normalized spacial score (nSPS) is 10.6. The Hall–Kier alpha value is -1.71. The molecule has 0 atom stereocenters. The summed E-state index contributed by atoms with van der Waals surface area (Å²) in [7, 11) is 0. The molecule has 2 aromatic rings.